The summed E-state index contributed by atoms with van der Waals surface area (Å²) in [4.78, 5) is 17.6. The first-order chi connectivity index (χ1) is 9.86. The zero-order valence-electron chi connectivity index (χ0n) is 12.1. The molecular weight excluding hydrogens is 294 g/mol. The van der Waals surface area contributed by atoms with E-state index >= 15 is 0 Å². The number of aromatic nitrogens is 1. The number of likely N-dealkylation sites (N-methyl/N-ethyl adjacent to an activating group) is 1. The van der Waals surface area contributed by atoms with E-state index in [1.165, 1.54) is 7.05 Å². The second-order valence-corrected chi connectivity index (χ2v) is 7.16. The molecule has 7 nitrogen and oxygen atoms in total. The van der Waals surface area contributed by atoms with Crippen molar-refractivity contribution in [3.8, 4) is 5.75 Å². The highest BCUT2D eigenvalue weighted by molar-refractivity contribution is 7.88. The van der Waals surface area contributed by atoms with Crippen LogP contribution in [0.3, 0.4) is 0 Å². The van der Waals surface area contributed by atoms with Gasteiger partial charge in [-0.3, -0.25) is 9.78 Å². The molecule has 1 aromatic rings. The standard InChI is InChI=1S/C13H19N3O4S/c1-15(21(2,18)19)10-13(17)16-8-5-12(9-16)20-11-3-6-14-7-4-11/h3-4,6-7,12H,5,8-10H2,1-2H3. The fourth-order valence-corrected chi connectivity index (χ4v) is 2.41. The van der Waals surface area contributed by atoms with E-state index in [1.807, 2.05) is 0 Å². The molecule has 0 saturated carbocycles. The molecule has 116 valence electrons. The Kier molecular flexibility index (Phi) is 4.79. The molecule has 2 heterocycles. The van der Waals surface area contributed by atoms with Crippen LogP contribution in [0.25, 0.3) is 0 Å². The first-order valence-corrected chi connectivity index (χ1v) is 8.47. The molecular formula is C13H19N3O4S. The molecule has 1 saturated heterocycles. The number of likely N-dealkylation sites (tertiary alicyclic amines) is 1. The number of carbonyl (C=O) groups excluding carboxylic acids is 1. The molecule has 0 radical (unpaired) electrons. The van der Waals surface area contributed by atoms with Gasteiger partial charge in [-0.05, 0) is 12.1 Å². The lowest BCUT2D eigenvalue weighted by Crippen LogP contribution is -2.40. The van der Waals surface area contributed by atoms with Crippen molar-refractivity contribution in [3.63, 3.8) is 0 Å². The molecule has 21 heavy (non-hydrogen) atoms. The van der Waals surface area contributed by atoms with Gasteiger partial charge in [0, 0.05) is 32.4 Å². The van der Waals surface area contributed by atoms with Crippen LogP contribution in [0.1, 0.15) is 6.42 Å². The normalized spacial score (nSPS) is 19.0. The van der Waals surface area contributed by atoms with Crippen LogP contribution < -0.4 is 4.74 Å². The van der Waals surface area contributed by atoms with E-state index in [1.54, 1.807) is 29.4 Å². The summed E-state index contributed by atoms with van der Waals surface area (Å²) in [5.41, 5.74) is 0. The Labute approximate surface area is 124 Å². The Morgan fingerprint density at radius 1 is 1.48 bits per heavy atom. The summed E-state index contributed by atoms with van der Waals surface area (Å²) in [5.74, 6) is 0.515. The highest BCUT2D eigenvalue weighted by Gasteiger charge is 2.29. The van der Waals surface area contributed by atoms with Gasteiger partial charge in [-0.1, -0.05) is 0 Å². The van der Waals surface area contributed by atoms with E-state index in [0.29, 0.717) is 13.1 Å². The van der Waals surface area contributed by atoms with Gasteiger partial charge < -0.3 is 9.64 Å². The number of nitrogens with zero attached hydrogens (tertiary/aromatic N) is 3. The van der Waals surface area contributed by atoms with Gasteiger partial charge in [-0.15, -0.1) is 0 Å². The maximum Gasteiger partial charge on any atom is 0.238 e. The second kappa shape index (κ2) is 6.40. The number of pyridine rings is 1. The van der Waals surface area contributed by atoms with Gasteiger partial charge in [0.2, 0.25) is 15.9 Å². The lowest BCUT2D eigenvalue weighted by Gasteiger charge is -2.20. The third-order valence-corrected chi connectivity index (χ3v) is 4.64. The highest BCUT2D eigenvalue weighted by Crippen LogP contribution is 2.17. The van der Waals surface area contributed by atoms with Gasteiger partial charge >= 0.3 is 0 Å². The van der Waals surface area contributed by atoms with Crippen LogP contribution in [-0.2, 0) is 14.8 Å². The fourth-order valence-electron chi connectivity index (χ4n) is 2.07. The Bertz CT molecular complexity index is 591. The molecule has 1 aliphatic heterocycles. The minimum atomic E-state index is -3.34. The van der Waals surface area contributed by atoms with Crippen LogP contribution in [0.2, 0.25) is 0 Å². The molecule has 2 rings (SSSR count). The molecule has 1 amide bonds. The monoisotopic (exact) mass is 313 g/mol. The zero-order chi connectivity index (χ0) is 15.5. The lowest BCUT2D eigenvalue weighted by atomic mass is 10.3. The summed E-state index contributed by atoms with van der Waals surface area (Å²) >= 11 is 0. The molecule has 0 aromatic carbocycles. The molecule has 0 spiro atoms. The number of ether oxygens (including phenoxy) is 1. The van der Waals surface area contributed by atoms with Gasteiger partial charge in [0.1, 0.15) is 11.9 Å². The Hall–Kier alpha value is -1.67. The van der Waals surface area contributed by atoms with Crippen molar-refractivity contribution < 1.29 is 17.9 Å². The smallest absolute Gasteiger partial charge is 0.238 e. The van der Waals surface area contributed by atoms with Crippen LogP contribution in [0.15, 0.2) is 24.5 Å². The van der Waals surface area contributed by atoms with Crippen molar-refractivity contribution >= 4 is 15.9 Å². The van der Waals surface area contributed by atoms with E-state index in [2.05, 4.69) is 4.98 Å². The van der Waals surface area contributed by atoms with Crippen LogP contribution >= 0.6 is 0 Å². The minimum Gasteiger partial charge on any atom is -0.488 e. The number of sulfonamides is 1. The Morgan fingerprint density at radius 2 is 2.14 bits per heavy atom. The van der Waals surface area contributed by atoms with Crippen molar-refractivity contribution in [2.45, 2.75) is 12.5 Å². The quantitative estimate of drug-likeness (QED) is 0.761. The molecule has 1 aliphatic rings. The first kappa shape index (κ1) is 15.7. The minimum absolute atomic E-state index is 0.0695. The van der Waals surface area contributed by atoms with Crippen LogP contribution in [0.5, 0.6) is 5.75 Å². The summed E-state index contributed by atoms with van der Waals surface area (Å²) in [5, 5.41) is 0. The van der Waals surface area contributed by atoms with E-state index in [9.17, 15) is 13.2 Å². The number of hydrogen-bond donors (Lipinski definition) is 0. The first-order valence-electron chi connectivity index (χ1n) is 6.62. The van der Waals surface area contributed by atoms with Crippen LogP contribution in [0.4, 0.5) is 0 Å². The SMILES string of the molecule is CN(CC(=O)N1CCC(Oc2ccncc2)C1)S(C)(=O)=O. The predicted octanol–water partition coefficient (Wildman–Crippen LogP) is -0.0473. The summed E-state index contributed by atoms with van der Waals surface area (Å²) in [6, 6.07) is 3.53. The fraction of sp³-hybridized carbons (Fsp3) is 0.538. The maximum absolute atomic E-state index is 12.1. The average molecular weight is 313 g/mol. The largest absolute Gasteiger partial charge is 0.488 e. The van der Waals surface area contributed by atoms with Gasteiger partial charge in [0.05, 0.1) is 19.3 Å². The van der Waals surface area contributed by atoms with E-state index in [4.69, 9.17) is 4.74 Å². The predicted molar refractivity (Wildman–Crippen MR) is 77.3 cm³/mol. The molecule has 1 aromatic heterocycles. The van der Waals surface area contributed by atoms with Gasteiger partial charge in [-0.2, -0.15) is 4.31 Å². The average Bonchev–Trinajstić information content (AvgIpc) is 2.87. The van der Waals surface area contributed by atoms with Crippen molar-refractivity contribution in [2.75, 3.05) is 32.9 Å². The molecule has 0 bridgehead atoms. The maximum atomic E-state index is 12.1. The van der Waals surface area contributed by atoms with Gasteiger partial charge in [-0.25, -0.2) is 8.42 Å². The Balaban J connectivity index is 1.86. The summed E-state index contributed by atoms with van der Waals surface area (Å²) in [6.07, 6.45) is 5.04. The molecule has 8 heteroatoms. The lowest BCUT2D eigenvalue weighted by molar-refractivity contribution is -0.130. The van der Waals surface area contributed by atoms with Crippen molar-refractivity contribution in [1.29, 1.82) is 0 Å². The molecule has 1 unspecified atom stereocenters. The molecule has 0 aliphatic carbocycles. The van der Waals surface area contributed by atoms with Crippen molar-refractivity contribution in [2.24, 2.45) is 0 Å². The van der Waals surface area contributed by atoms with E-state index in [0.717, 1.165) is 22.7 Å². The molecule has 1 atom stereocenters. The number of hydrogen-bond acceptors (Lipinski definition) is 5. The zero-order valence-corrected chi connectivity index (χ0v) is 12.9. The van der Waals surface area contributed by atoms with Crippen molar-refractivity contribution in [1.82, 2.24) is 14.2 Å². The third kappa shape index (κ3) is 4.40. The third-order valence-electron chi connectivity index (χ3n) is 3.37. The van der Waals surface area contributed by atoms with Crippen LogP contribution in [0, 0.1) is 0 Å². The van der Waals surface area contributed by atoms with E-state index < -0.39 is 10.0 Å². The highest BCUT2D eigenvalue weighted by atomic mass is 32.2. The van der Waals surface area contributed by atoms with Crippen LogP contribution in [-0.4, -0.2) is 67.6 Å². The van der Waals surface area contributed by atoms with Crippen molar-refractivity contribution in [3.05, 3.63) is 24.5 Å². The summed E-state index contributed by atoms with van der Waals surface area (Å²) in [7, 11) is -1.94. The Morgan fingerprint density at radius 3 is 2.76 bits per heavy atom. The number of amides is 1. The summed E-state index contributed by atoms with van der Waals surface area (Å²) in [6.45, 7) is 0.908. The van der Waals surface area contributed by atoms with Gasteiger partial charge in [0.25, 0.3) is 0 Å². The second-order valence-electron chi connectivity index (χ2n) is 5.07. The molecule has 0 N–H and O–H groups in total. The summed E-state index contributed by atoms with van der Waals surface area (Å²) < 4.78 is 29.4. The van der Waals surface area contributed by atoms with Gasteiger partial charge in [0.15, 0.2) is 0 Å². The number of carbonyl (C=O) groups is 1. The molecule has 1 fully saturated rings. The topological polar surface area (TPSA) is 79.8 Å². The number of rotatable bonds is 5. The van der Waals surface area contributed by atoms with E-state index in [-0.39, 0.29) is 18.6 Å².